The summed E-state index contributed by atoms with van der Waals surface area (Å²) < 4.78 is 4.80. The van der Waals surface area contributed by atoms with Crippen LogP contribution in [-0.2, 0) is 9.53 Å². The van der Waals surface area contributed by atoms with Crippen LogP contribution < -0.4 is 0 Å². The van der Waals surface area contributed by atoms with Gasteiger partial charge in [0.05, 0.1) is 7.11 Å². The zero-order valence-electron chi connectivity index (χ0n) is 15.5. The van der Waals surface area contributed by atoms with Crippen LogP contribution in [0.5, 0.6) is 0 Å². The van der Waals surface area contributed by atoms with Crippen molar-refractivity contribution in [3.63, 3.8) is 0 Å². The second kappa shape index (κ2) is 9.95. The van der Waals surface area contributed by atoms with Crippen LogP contribution in [0.4, 0.5) is 0 Å². The minimum absolute atomic E-state index is 0.128. The van der Waals surface area contributed by atoms with Gasteiger partial charge < -0.3 is 9.64 Å². The molecule has 0 N–H and O–H groups in total. The minimum atomic E-state index is -0.128. The van der Waals surface area contributed by atoms with Crippen LogP contribution in [0.25, 0.3) is 6.08 Å². The summed E-state index contributed by atoms with van der Waals surface area (Å²) in [5.41, 5.74) is 1.12. The average molecular weight is 365 g/mol. The molecule has 1 aromatic carbocycles. The summed E-state index contributed by atoms with van der Waals surface area (Å²) in [6.07, 6.45) is 4.45. The topological polar surface area (TPSA) is 32.8 Å². The summed E-state index contributed by atoms with van der Waals surface area (Å²) >= 11 is 6.48. The average Bonchev–Trinajstić information content (AvgIpc) is 2.60. The van der Waals surface area contributed by atoms with E-state index in [1.807, 2.05) is 24.3 Å². The first-order valence-electron chi connectivity index (χ1n) is 8.86. The molecule has 0 spiro atoms. The SMILES string of the molecule is COC(=O)CC[C@H]1CN(CC(Cl)=Cc2ccccc2)CC[C@H]1N(C)C. The summed E-state index contributed by atoms with van der Waals surface area (Å²) in [4.78, 5) is 16.2. The number of hydrogen-bond donors (Lipinski definition) is 0. The quantitative estimate of drug-likeness (QED) is 0.693. The lowest BCUT2D eigenvalue weighted by Crippen LogP contribution is -2.49. The van der Waals surface area contributed by atoms with Crippen molar-refractivity contribution >= 4 is 23.6 Å². The zero-order chi connectivity index (χ0) is 18.2. The normalized spacial score (nSPS) is 22.2. The van der Waals surface area contributed by atoms with E-state index in [2.05, 4.69) is 36.0 Å². The van der Waals surface area contributed by atoms with Crippen LogP contribution in [0.3, 0.4) is 0 Å². The van der Waals surface area contributed by atoms with Crippen LogP contribution in [0, 0.1) is 5.92 Å². The molecule has 1 heterocycles. The lowest BCUT2D eigenvalue weighted by atomic mass is 9.87. The fourth-order valence-corrected chi connectivity index (χ4v) is 3.89. The number of likely N-dealkylation sites (tertiary alicyclic amines) is 1. The van der Waals surface area contributed by atoms with E-state index in [1.54, 1.807) is 0 Å². The maximum atomic E-state index is 11.5. The highest BCUT2D eigenvalue weighted by Crippen LogP contribution is 2.26. The molecule has 1 aliphatic rings. The first-order chi connectivity index (χ1) is 12.0. The molecule has 2 rings (SSSR count). The van der Waals surface area contributed by atoms with Crippen LogP contribution in [0.15, 0.2) is 35.4 Å². The molecule has 0 unspecified atom stereocenters. The highest BCUT2D eigenvalue weighted by molar-refractivity contribution is 6.31. The summed E-state index contributed by atoms with van der Waals surface area (Å²) in [5, 5.41) is 0.848. The number of halogens is 1. The Morgan fingerprint density at radius 3 is 2.72 bits per heavy atom. The van der Waals surface area contributed by atoms with Crippen LogP contribution in [0.2, 0.25) is 0 Å². The first-order valence-corrected chi connectivity index (χ1v) is 9.24. The maximum Gasteiger partial charge on any atom is 0.305 e. The van der Waals surface area contributed by atoms with Gasteiger partial charge in [0.2, 0.25) is 0 Å². The Labute approximate surface area is 156 Å². The lowest BCUT2D eigenvalue weighted by Gasteiger charge is -2.41. The molecule has 25 heavy (non-hydrogen) atoms. The third-order valence-electron chi connectivity index (χ3n) is 4.89. The Morgan fingerprint density at radius 2 is 2.08 bits per heavy atom. The van der Waals surface area contributed by atoms with E-state index >= 15 is 0 Å². The predicted molar refractivity (Wildman–Crippen MR) is 104 cm³/mol. The van der Waals surface area contributed by atoms with E-state index in [9.17, 15) is 4.79 Å². The first kappa shape index (κ1) is 20.0. The molecule has 0 amide bonds. The van der Waals surface area contributed by atoms with Crippen molar-refractivity contribution in [3.8, 4) is 0 Å². The Balaban J connectivity index is 1.95. The van der Waals surface area contributed by atoms with Crippen molar-refractivity contribution in [2.45, 2.75) is 25.3 Å². The highest BCUT2D eigenvalue weighted by atomic mass is 35.5. The number of hydrogen-bond acceptors (Lipinski definition) is 4. The molecule has 1 fully saturated rings. The van der Waals surface area contributed by atoms with Gasteiger partial charge in [0.15, 0.2) is 0 Å². The third kappa shape index (κ3) is 6.46. The van der Waals surface area contributed by atoms with E-state index in [0.717, 1.165) is 43.1 Å². The second-order valence-electron chi connectivity index (χ2n) is 6.93. The number of carbonyl (C=O) groups is 1. The molecule has 0 saturated carbocycles. The molecule has 138 valence electrons. The van der Waals surface area contributed by atoms with Crippen molar-refractivity contribution in [2.24, 2.45) is 5.92 Å². The van der Waals surface area contributed by atoms with Gasteiger partial charge in [-0.1, -0.05) is 41.9 Å². The summed E-state index contributed by atoms with van der Waals surface area (Å²) in [7, 11) is 5.69. The number of piperidine rings is 1. The number of benzene rings is 1. The highest BCUT2D eigenvalue weighted by Gasteiger charge is 2.31. The standard InChI is InChI=1S/C20H29ClN2O2/c1-22(2)19-11-12-23(14-17(19)9-10-20(24)25-3)15-18(21)13-16-7-5-4-6-8-16/h4-8,13,17,19H,9-12,14-15H2,1-3H3/t17-,19+/m0/s1. The van der Waals surface area contributed by atoms with Crippen LogP contribution >= 0.6 is 11.6 Å². The van der Waals surface area contributed by atoms with Crippen molar-refractivity contribution < 1.29 is 9.53 Å². The number of carbonyl (C=O) groups excluding carboxylic acids is 1. The van der Waals surface area contributed by atoms with E-state index in [1.165, 1.54) is 7.11 Å². The fraction of sp³-hybridized carbons (Fsp3) is 0.550. The van der Waals surface area contributed by atoms with Crippen molar-refractivity contribution in [2.75, 3.05) is 40.8 Å². The molecule has 0 aliphatic carbocycles. The van der Waals surface area contributed by atoms with Gasteiger partial charge >= 0.3 is 5.97 Å². The van der Waals surface area contributed by atoms with E-state index in [0.29, 0.717) is 18.4 Å². The summed E-state index contributed by atoms with van der Waals surface area (Å²) in [6, 6.07) is 10.6. The molecule has 1 aliphatic heterocycles. The number of ether oxygens (including phenoxy) is 1. The number of esters is 1. The fourth-order valence-electron chi connectivity index (χ4n) is 3.60. The molecule has 0 aromatic heterocycles. The Hall–Kier alpha value is -1.36. The van der Waals surface area contributed by atoms with Gasteiger partial charge in [-0.15, -0.1) is 0 Å². The van der Waals surface area contributed by atoms with E-state index in [-0.39, 0.29) is 5.97 Å². The number of methoxy groups -OCH3 is 1. The smallest absolute Gasteiger partial charge is 0.305 e. The van der Waals surface area contributed by atoms with Gasteiger partial charge in [-0.25, -0.2) is 0 Å². The minimum Gasteiger partial charge on any atom is -0.469 e. The Bertz CT molecular complexity index is 574. The van der Waals surface area contributed by atoms with E-state index < -0.39 is 0 Å². The maximum absolute atomic E-state index is 11.5. The van der Waals surface area contributed by atoms with Crippen LogP contribution in [-0.4, -0.2) is 62.7 Å². The van der Waals surface area contributed by atoms with Gasteiger partial charge in [-0.3, -0.25) is 9.69 Å². The third-order valence-corrected chi connectivity index (χ3v) is 5.11. The molecule has 4 nitrogen and oxygen atoms in total. The second-order valence-corrected chi connectivity index (χ2v) is 7.42. The lowest BCUT2D eigenvalue weighted by molar-refractivity contribution is -0.141. The van der Waals surface area contributed by atoms with Gasteiger partial charge in [-0.2, -0.15) is 0 Å². The number of nitrogens with zero attached hydrogens (tertiary/aromatic N) is 2. The Morgan fingerprint density at radius 1 is 1.36 bits per heavy atom. The van der Waals surface area contributed by atoms with Crippen LogP contribution in [0.1, 0.15) is 24.8 Å². The molecule has 2 atom stereocenters. The molecular formula is C20H29ClN2O2. The van der Waals surface area contributed by atoms with Gasteiger partial charge in [0.1, 0.15) is 0 Å². The molecule has 0 radical (unpaired) electrons. The predicted octanol–water partition coefficient (Wildman–Crippen LogP) is 3.47. The molecule has 1 aromatic rings. The largest absolute Gasteiger partial charge is 0.469 e. The van der Waals surface area contributed by atoms with Crippen molar-refractivity contribution in [1.82, 2.24) is 9.80 Å². The molecule has 1 saturated heterocycles. The molecular weight excluding hydrogens is 336 g/mol. The molecule has 0 bridgehead atoms. The van der Waals surface area contributed by atoms with E-state index in [4.69, 9.17) is 16.3 Å². The van der Waals surface area contributed by atoms with Gasteiger partial charge in [-0.05, 0) is 44.5 Å². The number of rotatable bonds is 7. The van der Waals surface area contributed by atoms with Crippen molar-refractivity contribution in [1.29, 1.82) is 0 Å². The monoisotopic (exact) mass is 364 g/mol. The molecule has 5 heteroatoms. The van der Waals surface area contributed by atoms with Gasteiger partial charge in [0, 0.05) is 37.1 Å². The zero-order valence-corrected chi connectivity index (χ0v) is 16.2. The van der Waals surface area contributed by atoms with Crippen molar-refractivity contribution in [3.05, 3.63) is 40.9 Å². The summed E-state index contributed by atoms with van der Waals surface area (Å²) in [6.45, 7) is 2.74. The summed E-state index contributed by atoms with van der Waals surface area (Å²) in [5.74, 6) is 0.320. The van der Waals surface area contributed by atoms with Gasteiger partial charge in [0.25, 0.3) is 0 Å². The Kier molecular flexibility index (Phi) is 7.94.